The largest absolute Gasteiger partial charge is 0.413 e. The molecule has 0 aromatic heterocycles. The van der Waals surface area contributed by atoms with Crippen molar-refractivity contribution in [3.8, 4) is 0 Å². The first kappa shape index (κ1) is 5.30. The highest BCUT2D eigenvalue weighted by atomic mass is 16.7. The van der Waals surface area contributed by atoms with Crippen molar-refractivity contribution in [3.05, 3.63) is 11.3 Å². The van der Waals surface area contributed by atoms with Gasteiger partial charge in [-0.2, -0.15) is 5.48 Å². The topological polar surface area (TPSA) is 21.3 Å². The van der Waals surface area contributed by atoms with Crippen LogP contribution in [0.2, 0.25) is 0 Å². The molecule has 0 aromatic carbocycles. The molecule has 0 unspecified atom stereocenters. The molecule has 1 heterocycles. The smallest absolute Gasteiger partial charge is 0.127 e. The molecule has 50 valence electrons. The molecule has 9 heavy (non-hydrogen) atoms. The molecular weight excluding hydrogens is 114 g/mol. The normalized spacial score (nSPS) is 26.8. The minimum Gasteiger partial charge on any atom is -0.413 e. The number of allylic oxidation sites excluding steroid dienone is 1. The third kappa shape index (κ3) is 0.833. The molecule has 0 saturated heterocycles. The van der Waals surface area contributed by atoms with Crippen LogP contribution in [0.5, 0.6) is 0 Å². The van der Waals surface area contributed by atoms with Crippen molar-refractivity contribution in [1.82, 2.24) is 5.48 Å². The van der Waals surface area contributed by atoms with Crippen LogP contribution in [0.25, 0.3) is 0 Å². The molecule has 2 nitrogen and oxygen atoms in total. The van der Waals surface area contributed by atoms with E-state index in [9.17, 15) is 0 Å². The molecule has 0 spiro atoms. The zero-order valence-electron chi connectivity index (χ0n) is 5.61. The van der Waals surface area contributed by atoms with Crippen LogP contribution in [-0.2, 0) is 4.84 Å². The number of hydrogen-bond donors (Lipinski definition) is 1. The molecule has 0 radical (unpaired) electrons. The molecule has 1 saturated carbocycles. The van der Waals surface area contributed by atoms with Gasteiger partial charge in [-0.15, -0.1) is 0 Å². The van der Waals surface area contributed by atoms with Gasteiger partial charge < -0.3 is 4.84 Å². The maximum Gasteiger partial charge on any atom is 0.127 e. The van der Waals surface area contributed by atoms with Crippen molar-refractivity contribution in [2.45, 2.75) is 19.8 Å². The second-order valence-corrected chi connectivity index (χ2v) is 2.84. The van der Waals surface area contributed by atoms with Crippen LogP contribution >= 0.6 is 0 Å². The first-order valence-electron chi connectivity index (χ1n) is 3.47. The highest BCUT2D eigenvalue weighted by molar-refractivity contribution is 5.17. The fraction of sp³-hybridized carbons (Fsp3) is 0.714. The molecule has 0 bridgehead atoms. The van der Waals surface area contributed by atoms with Gasteiger partial charge in [0.1, 0.15) is 5.76 Å². The average molecular weight is 125 g/mol. The summed E-state index contributed by atoms with van der Waals surface area (Å²) in [5.41, 5.74) is 4.26. The molecule has 1 N–H and O–H groups in total. The van der Waals surface area contributed by atoms with Crippen LogP contribution in [0, 0.1) is 5.92 Å². The van der Waals surface area contributed by atoms with Gasteiger partial charge in [-0.3, -0.25) is 0 Å². The Balaban J connectivity index is 2.14. The first-order valence-corrected chi connectivity index (χ1v) is 3.47. The van der Waals surface area contributed by atoms with E-state index in [-0.39, 0.29) is 0 Å². The van der Waals surface area contributed by atoms with Crippen LogP contribution in [-0.4, -0.2) is 6.54 Å². The Bertz CT molecular complexity index is 158. The van der Waals surface area contributed by atoms with Crippen molar-refractivity contribution in [1.29, 1.82) is 0 Å². The van der Waals surface area contributed by atoms with Gasteiger partial charge >= 0.3 is 0 Å². The van der Waals surface area contributed by atoms with Gasteiger partial charge in [0.15, 0.2) is 0 Å². The van der Waals surface area contributed by atoms with E-state index in [1.807, 2.05) is 0 Å². The number of nitrogens with one attached hydrogen (secondary N) is 1. The molecule has 1 aliphatic carbocycles. The van der Waals surface area contributed by atoms with Crippen molar-refractivity contribution in [2.24, 2.45) is 5.92 Å². The van der Waals surface area contributed by atoms with Crippen LogP contribution in [0.15, 0.2) is 11.3 Å². The zero-order chi connectivity index (χ0) is 6.27. The summed E-state index contributed by atoms with van der Waals surface area (Å²) in [6.45, 7) is 3.06. The standard InChI is InChI=1S/C7H11NO/c1-5-4-8-9-7(5)6-2-3-6/h6,8H,2-4H2,1H3. The highest BCUT2D eigenvalue weighted by Crippen LogP contribution is 2.39. The SMILES string of the molecule is CC1=C(C2CC2)ONC1. The fourth-order valence-electron chi connectivity index (χ4n) is 1.17. The summed E-state index contributed by atoms with van der Waals surface area (Å²) in [5.74, 6) is 1.98. The van der Waals surface area contributed by atoms with Gasteiger partial charge in [-0.1, -0.05) is 0 Å². The summed E-state index contributed by atoms with van der Waals surface area (Å²) in [7, 11) is 0. The van der Waals surface area contributed by atoms with E-state index in [2.05, 4.69) is 12.4 Å². The van der Waals surface area contributed by atoms with Crippen LogP contribution in [0.4, 0.5) is 0 Å². The van der Waals surface area contributed by atoms with Gasteiger partial charge in [0, 0.05) is 5.92 Å². The summed E-state index contributed by atoms with van der Waals surface area (Å²) in [6.07, 6.45) is 2.66. The van der Waals surface area contributed by atoms with E-state index in [1.54, 1.807) is 0 Å². The number of hydrogen-bond acceptors (Lipinski definition) is 2. The van der Waals surface area contributed by atoms with Crippen LogP contribution in [0.3, 0.4) is 0 Å². The van der Waals surface area contributed by atoms with Crippen molar-refractivity contribution in [2.75, 3.05) is 6.54 Å². The maximum atomic E-state index is 5.22. The molecular formula is C7H11NO. The van der Waals surface area contributed by atoms with E-state index in [0.717, 1.165) is 12.5 Å². The molecule has 0 atom stereocenters. The summed E-state index contributed by atoms with van der Waals surface area (Å²) < 4.78 is 0. The molecule has 1 aliphatic heterocycles. The minimum absolute atomic E-state index is 0.764. The van der Waals surface area contributed by atoms with Gasteiger partial charge in [0.2, 0.25) is 0 Å². The van der Waals surface area contributed by atoms with Gasteiger partial charge in [-0.05, 0) is 25.3 Å². The third-order valence-electron chi connectivity index (χ3n) is 1.89. The monoisotopic (exact) mass is 125 g/mol. The Morgan fingerprint density at radius 1 is 1.56 bits per heavy atom. The van der Waals surface area contributed by atoms with Crippen LogP contribution in [0.1, 0.15) is 19.8 Å². The Morgan fingerprint density at radius 2 is 2.33 bits per heavy atom. The Kier molecular flexibility index (Phi) is 1.02. The molecule has 0 aromatic rings. The van der Waals surface area contributed by atoms with E-state index >= 15 is 0 Å². The highest BCUT2D eigenvalue weighted by Gasteiger charge is 2.31. The molecule has 2 rings (SSSR count). The van der Waals surface area contributed by atoms with Crippen LogP contribution < -0.4 is 5.48 Å². The lowest BCUT2D eigenvalue weighted by Gasteiger charge is -1.97. The van der Waals surface area contributed by atoms with E-state index < -0.39 is 0 Å². The zero-order valence-corrected chi connectivity index (χ0v) is 5.61. The van der Waals surface area contributed by atoms with Crippen molar-refractivity contribution in [3.63, 3.8) is 0 Å². The van der Waals surface area contributed by atoms with Gasteiger partial charge in [0.25, 0.3) is 0 Å². The third-order valence-corrected chi connectivity index (χ3v) is 1.89. The maximum absolute atomic E-state index is 5.22. The number of rotatable bonds is 1. The average Bonchev–Trinajstić information content (AvgIpc) is 2.58. The van der Waals surface area contributed by atoms with E-state index in [4.69, 9.17) is 4.84 Å². The molecule has 2 heteroatoms. The lowest BCUT2D eigenvalue weighted by atomic mass is 10.2. The quantitative estimate of drug-likeness (QED) is 0.568. The minimum atomic E-state index is 0.764. The summed E-state index contributed by atoms with van der Waals surface area (Å²) in [5, 5.41) is 0. The lowest BCUT2D eigenvalue weighted by molar-refractivity contribution is 0.128. The first-order chi connectivity index (χ1) is 4.38. The molecule has 0 amide bonds. The Morgan fingerprint density at radius 3 is 2.78 bits per heavy atom. The Hall–Kier alpha value is -0.500. The summed E-state index contributed by atoms with van der Waals surface area (Å²) >= 11 is 0. The fourth-order valence-corrected chi connectivity index (χ4v) is 1.17. The molecule has 2 aliphatic rings. The van der Waals surface area contributed by atoms with Gasteiger partial charge in [0.05, 0.1) is 6.54 Å². The van der Waals surface area contributed by atoms with Crippen molar-refractivity contribution >= 4 is 0 Å². The Labute approximate surface area is 54.8 Å². The summed E-state index contributed by atoms with van der Waals surface area (Å²) in [4.78, 5) is 5.22. The summed E-state index contributed by atoms with van der Waals surface area (Å²) in [6, 6.07) is 0. The van der Waals surface area contributed by atoms with E-state index in [1.165, 1.54) is 24.2 Å². The van der Waals surface area contributed by atoms with Gasteiger partial charge in [-0.25, -0.2) is 0 Å². The lowest BCUT2D eigenvalue weighted by Crippen LogP contribution is -2.05. The number of hydroxylamine groups is 1. The predicted molar refractivity (Wildman–Crippen MR) is 34.5 cm³/mol. The van der Waals surface area contributed by atoms with Crippen molar-refractivity contribution < 1.29 is 4.84 Å². The molecule has 1 fully saturated rings. The predicted octanol–water partition coefficient (Wildman–Crippen LogP) is 1.21. The van der Waals surface area contributed by atoms with E-state index in [0.29, 0.717) is 0 Å². The second kappa shape index (κ2) is 1.74. The second-order valence-electron chi connectivity index (χ2n) is 2.84.